The molecule has 3 rings (SSSR count). The van der Waals surface area contributed by atoms with Gasteiger partial charge in [-0.3, -0.25) is 0 Å². The molecule has 19 heavy (non-hydrogen) atoms. The van der Waals surface area contributed by atoms with Crippen molar-refractivity contribution in [3.63, 3.8) is 0 Å². The average Bonchev–Trinajstić information content (AvgIpc) is 2.43. The van der Waals surface area contributed by atoms with E-state index in [4.69, 9.17) is 11.6 Å². The number of fused-ring (bicyclic) bond motifs is 1. The Kier molecular flexibility index (Phi) is 3.43. The Bertz CT molecular complexity index is 597. The molecule has 2 aromatic carbocycles. The third kappa shape index (κ3) is 2.74. The van der Waals surface area contributed by atoms with Crippen molar-refractivity contribution in [1.29, 1.82) is 0 Å². The third-order valence-electron chi connectivity index (χ3n) is 3.64. The standard InChI is InChI=1S/C16H15ClFN/c17-15-10-14(7-8-16(15)18)19-13-6-5-11-3-1-2-4-12(11)9-13/h1-4,7-8,10,13,19H,5-6,9H2. The predicted molar refractivity (Wildman–Crippen MR) is 77.3 cm³/mol. The van der Waals surface area contributed by atoms with Crippen molar-refractivity contribution < 1.29 is 4.39 Å². The normalized spacial score (nSPS) is 17.9. The lowest BCUT2D eigenvalue weighted by Crippen LogP contribution is -2.27. The van der Waals surface area contributed by atoms with Gasteiger partial charge < -0.3 is 5.32 Å². The zero-order valence-electron chi connectivity index (χ0n) is 10.5. The second kappa shape index (κ2) is 5.22. The number of hydrogen-bond acceptors (Lipinski definition) is 1. The first-order chi connectivity index (χ1) is 9.22. The Hall–Kier alpha value is -1.54. The number of aryl methyl sites for hydroxylation is 1. The quantitative estimate of drug-likeness (QED) is 0.854. The van der Waals surface area contributed by atoms with Gasteiger partial charge >= 0.3 is 0 Å². The average molecular weight is 276 g/mol. The molecule has 1 N–H and O–H groups in total. The molecule has 0 radical (unpaired) electrons. The number of benzene rings is 2. The van der Waals surface area contributed by atoms with E-state index in [1.165, 1.54) is 17.2 Å². The second-order valence-electron chi connectivity index (χ2n) is 4.98. The van der Waals surface area contributed by atoms with Crippen LogP contribution in [0.5, 0.6) is 0 Å². The predicted octanol–water partition coefficient (Wildman–Crippen LogP) is 4.45. The van der Waals surface area contributed by atoms with E-state index < -0.39 is 0 Å². The molecule has 0 bridgehead atoms. The molecule has 1 aliphatic rings. The van der Waals surface area contributed by atoms with Gasteiger partial charge in [-0.1, -0.05) is 35.9 Å². The molecular weight excluding hydrogens is 261 g/mol. The maximum atomic E-state index is 13.1. The largest absolute Gasteiger partial charge is 0.382 e. The van der Waals surface area contributed by atoms with Crippen molar-refractivity contribution in [2.24, 2.45) is 0 Å². The van der Waals surface area contributed by atoms with Gasteiger partial charge in [0.2, 0.25) is 0 Å². The highest BCUT2D eigenvalue weighted by Crippen LogP contribution is 2.25. The summed E-state index contributed by atoms with van der Waals surface area (Å²) in [6.07, 6.45) is 3.18. The van der Waals surface area contributed by atoms with Crippen LogP contribution in [0.3, 0.4) is 0 Å². The van der Waals surface area contributed by atoms with Crippen LogP contribution >= 0.6 is 11.6 Å². The van der Waals surface area contributed by atoms with Crippen LogP contribution in [0.25, 0.3) is 0 Å². The Labute approximate surface area is 117 Å². The molecule has 1 nitrogen and oxygen atoms in total. The Morgan fingerprint density at radius 3 is 2.68 bits per heavy atom. The topological polar surface area (TPSA) is 12.0 Å². The van der Waals surface area contributed by atoms with Crippen molar-refractivity contribution in [3.8, 4) is 0 Å². The maximum absolute atomic E-state index is 13.1. The van der Waals surface area contributed by atoms with Gasteiger partial charge in [-0.25, -0.2) is 4.39 Å². The minimum Gasteiger partial charge on any atom is -0.382 e. The molecule has 0 spiro atoms. The van der Waals surface area contributed by atoms with Gasteiger partial charge in [0, 0.05) is 11.7 Å². The van der Waals surface area contributed by atoms with Gasteiger partial charge in [-0.05, 0) is 48.6 Å². The molecule has 1 atom stereocenters. The van der Waals surface area contributed by atoms with E-state index in [2.05, 4.69) is 29.6 Å². The number of halogens is 2. The van der Waals surface area contributed by atoms with Crippen molar-refractivity contribution >= 4 is 17.3 Å². The minimum absolute atomic E-state index is 0.168. The monoisotopic (exact) mass is 275 g/mol. The summed E-state index contributed by atoms with van der Waals surface area (Å²) in [4.78, 5) is 0. The smallest absolute Gasteiger partial charge is 0.141 e. The molecule has 98 valence electrons. The summed E-state index contributed by atoms with van der Waals surface area (Å²) in [5.74, 6) is -0.374. The highest BCUT2D eigenvalue weighted by atomic mass is 35.5. The van der Waals surface area contributed by atoms with Crippen LogP contribution in [0.2, 0.25) is 5.02 Å². The SMILES string of the molecule is Fc1ccc(NC2CCc3ccccc3C2)cc1Cl. The van der Waals surface area contributed by atoms with Crippen molar-refractivity contribution in [1.82, 2.24) is 0 Å². The first-order valence-corrected chi connectivity index (χ1v) is 6.88. The lowest BCUT2D eigenvalue weighted by Gasteiger charge is -2.26. The molecule has 0 saturated carbocycles. The van der Waals surface area contributed by atoms with E-state index in [1.54, 1.807) is 12.1 Å². The molecule has 1 aliphatic carbocycles. The van der Waals surface area contributed by atoms with E-state index >= 15 is 0 Å². The van der Waals surface area contributed by atoms with Crippen molar-refractivity contribution in [3.05, 3.63) is 64.4 Å². The van der Waals surface area contributed by atoms with Crippen LogP contribution in [0.1, 0.15) is 17.5 Å². The summed E-state index contributed by atoms with van der Waals surface area (Å²) >= 11 is 5.80. The molecule has 0 heterocycles. The molecule has 0 aliphatic heterocycles. The molecule has 1 unspecified atom stereocenters. The van der Waals surface area contributed by atoms with Gasteiger partial charge in [0.25, 0.3) is 0 Å². The Morgan fingerprint density at radius 1 is 1.11 bits per heavy atom. The Balaban J connectivity index is 1.73. The highest BCUT2D eigenvalue weighted by molar-refractivity contribution is 6.31. The van der Waals surface area contributed by atoms with Gasteiger partial charge in [0.05, 0.1) is 5.02 Å². The van der Waals surface area contributed by atoms with Crippen LogP contribution in [-0.4, -0.2) is 6.04 Å². The summed E-state index contributed by atoms with van der Waals surface area (Å²) in [5, 5.41) is 3.61. The third-order valence-corrected chi connectivity index (χ3v) is 3.93. The molecule has 3 heteroatoms. The van der Waals surface area contributed by atoms with Crippen LogP contribution in [-0.2, 0) is 12.8 Å². The van der Waals surface area contributed by atoms with Crippen LogP contribution in [0.15, 0.2) is 42.5 Å². The van der Waals surface area contributed by atoms with E-state index in [9.17, 15) is 4.39 Å². The molecular formula is C16H15ClFN. The highest BCUT2D eigenvalue weighted by Gasteiger charge is 2.18. The first-order valence-electron chi connectivity index (χ1n) is 6.51. The van der Waals surface area contributed by atoms with Gasteiger partial charge in [-0.15, -0.1) is 0 Å². The summed E-state index contributed by atoms with van der Waals surface area (Å²) in [7, 11) is 0. The second-order valence-corrected chi connectivity index (χ2v) is 5.39. The first kappa shape index (κ1) is 12.5. The Morgan fingerprint density at radius 2 is 1.89 bits per heavy atom. The summed E-state index contributed by atoms with van der Waals surface area (Å²) < 4.78 is 13.1. The van der Waals surface area contributed by atoms with E-state index in [0.717, 1.165) is 24.9 Å². The van der Waals surface area contributed by atoms with Gasteiger partial charge in [0.1, 0.15) is 5.82 Å². The lowest BCUT2D eigenvalue weighted by molar-refractivity contribution is 0.609. The fraction of sp³-hybridized carbons (Fsp3) is 0.250. The minimum atomic E-state index is -0.374. The zero-order chi connectivity index (χ0) is 13.2. The molecule has 0 aromatic heterocycles. The van der Waals surface area contributed by atoms with Crippen LogP contribution < -0.4 is 5.32 Å². The van der Waals surface area contributed by atoms with Crippen LogP contribution in [0.4, 0.5) is 10.1 Å². The van der Waals surface area contributed by atoms with Gasteiger partial charge in [0.15, 0.2) is 0 Å². The lowest BCUT2D eigenvalue weighted by atomic mass is 9.88. The van der Waals surface area contributed by atoms with Crippen molar-refractivity contribution in [2.45, 2.75) is 25.3 Å². The number of rotatable bonds is 2. The summed E-state index contributed by atoms with van der Waals surface area (Å²) in [5.41, 5.74) is 3.73. The molecule has 0 fully saturated rings. The number of nitrogens with one attached hydrogen (secondary N) is 1. The number of anilines is 1. The molecule has 0 amide bonds. The van der Waals surface area contributed by atoms with E-state index in [-0.39, 0.29) is 10.8 Å². The summed E-state index contributed by atoms with van der Waals surface area (Å²) in [6.45, 7) is 0. The summed E-state index contributed by atoms with van der Waals surface area (Å²) in [6, 6.07) is 13.7. The fourth-order valence-electron chi connectivity index (χ4n) is 2.64. The molecule has 0 saturated heterocycles. The molecule has 2 aromatic rings. The van der Waals surface area contributed by atoms with E-state index in [1.807, 2.05) is 0 Å². The maximum Gasteiger partial charge on any atom is 0.141 e. The van der Waals surface area contributed by atoms with Crippen LogP contribution in [0, 0.1) is 5.82 Å². The zero-order valence-corrected chi connectivity index (χ0v) is 11.3. The number of hydrogen-bond donors (Lipinski definition) is 1. The van der Waals surface area contributed by atoms with Gasteiger partial charge in [-0.2, -0.15) is 0 Å². The van der Waals surface area contributed by atoms with E-state index in [0.29, 0.717) is 6.04 Å². The van der Waals surface area contributed by atoms with Crippen molar-refractivity contribution in [2.75, 3.05) is 5.32 Å². The fourth-order valence-corrected chi connectivity index (χ4v) is 2.82.